The molecule has 0 aliphatic carbocycles. The van der Waals surface area contributed by atoms with Gasteiger partial charge >= 0.3 is 5.97 Å². The van der Waals surface area contributed by atoms with E-state index in [1.54, 1.807) is 0 Å². The Morgan fingerprint density at radius 2 is 1.90 bits per heavy atom. The molecule has 0 amide bonds. The van der Waals surface area contributed by atoms with Crippen molar-refractivity contribution in [1.82, 2.24) is 0 Å². The Labute approximate surface area is 130 Å². The number of benzene rings is 2. The third kappa shape index (κ3) is 3.74. The number of carbonyl (C=O) groups is 1. The smallest absolute Gasteiger partial charge is 0.336 e. The number of aromatic carboxylic acids is 1. The number of carboxylic acid groups (broad SMARTS) is 1. The fourth-order valence-electron chi connectivity index (χ4n) is 1.73. The molecule has 0 fully saturated rings. The van der Waals surface area contributed by atoms with Crippen molar-refractivity contribution in [2.24, 2.45) is 0 Å². The van der Waals surface area contributed by atoms with Crippen molar-refractivity contribution in [3.63, 3.8) is 0 Å². The lowest BCUT2D eigenvalue weighted by molar-refractivity contribution is 0.0693. The van der Waals surface area contributed by atoms with Crippen LogP contribution in [0.1, 0.15) is 15.9 Å². The van der Waals surface area contributed by atoms with Crippen LogP contribution in [0.4, 0.5) is 8.78 Å². The van der Waals surface area contributed by atoms with Crippen molar-refractivity contribution >= 4 is 32.7 Å². The van der Waals surface area contributed by atoms with Gasteiger partial charge in [0.25, 0.3) is 0 Å². The van der Waals surface area contributed by atoms with Gasteiger partial charge in [-0.15, -0.1) is 0 Å². The molecule has 0 aliphatic heterocycles. The highest BCUT2D eigenvalue weighted by atomic mass is 79.9. The van der Waals surface area contributed by atoms with E-state index in [0.29, 0.717) is 4.47 Å². The fraction of sp³-hybridized carbons (Fsp3) is 0.0714. The average molecular weight is 375 g/mol. The molecule has 0 heterocycles. The first-order chi connectivity index (χ1) is 9.88. The van der Waals surface area contributed by atoms with Crippen LogP contribution in [0.2, 0.25) is 0 Å². The largest absolute Gasteiger partial charge is 0.478 e. The maximum Gasteiger partial charge on any atom is 0.336 e. The van der Waals surface area contributed by atoms with Crippen molar-refractivity contribution in [3.05, 3.63) is 63.6 Å². The quantitative estimate of drug-likeness (QED) is 0.886. The van der Waals surface area contributed by atoms with Crippen LogP contribution in [0.3, 0.4) is 0 Å². The lowest BCUT2D eigenvalue weighted by atomic mass is 10.2. The zero-order valence-corrected chi connectivity index (χ0v) is 12.9. The molecule has 7 heteroatoms. The summed E-state index contributed by atoms with van der Waals surface area (Å²) in [7, 11) is -1.81. The van der Waals surface area contributed by atoms with Gasteiger partial charge in [0.2, 0.25) is 0 Å². The van der Waals surface area contributed by atoms with Gasteiger partial charge in [-0.1, -0.05) is 15.9 Å². The van der Waals surface area contributed by atoms with Gasteiger partial charge in [0.05, 0.1) is 27.0 Å². The van der Waals surface area contributed by atoms with Gasteiger partial charge < -0.3 is 5.11 Å². The predicted molar refractivity (Wildman–Crippen MR) is 77.6 cm³/mol. The van der Waals surface area contributed by atoms with Crippen molar-refractivity contribution in [3.8, 4) is 0 Å². The molecule has 0 saturated carbocycles. The Kier molecular flexibility index (Phi) is 4.84. The minimum Gasteiger partial charge on any atom is -0.478 e. The first kappa shape index (κ1) is 15.8. The van der Waals surface area contributed by atoms with Crippen LogP contribution in [-0.4, -0.2) is 15.3 Å². The second-order valence-corrected chi connectivity index (χ2v) is 6.51. The number of halogens is 3. The monoisotopic (exact) mass is 374 g/mol. The maximum absolute atomic E-state index is 13.6. The van der Waals surface area contributed by atoms with Gasteiger partial charge in [-0.25, -0.2) is 13.6 Å². The van der Waals surface area contributed by atoms with E-state index in [1.165, 1.54) is 18.2 Å². The third-order valence-corrected chi connectivity index (χ3v) is 4.61. The molecular weight excluding hydrogens is 366 g/mol. The normalized spacial score (nSPS) is 12.1. The lowest BCUT2D eigenvalue weighted by Gasteiger charge is -2.08. The summed E-state index contributed by atoms with van der Waals surface area (Å²) in [6, 6.07) is 7.07. The Morgan fingerprint density at radius 3 is 2.57 bits per heavy atom. The average Bonchev–Trinajstić information content (AvgIpc) is 2.42. The number of carboxylic acids is 1. The molecule has 0 aromatic heterocycles. The number of hydrogen-bond acceptors (Lipinski definition) is 2. The first-order valence-electron chi connectivity index (χ1n) is 5.73. The highest BCUT2D eigenvalue weighted by Crippen LogP contribution is 2.23. The van der Waals surface area contributed by atoms with E-state index in [-0.39, 0.29) is 21.8 Å². The lowest BCUT2D eigenvalue weighted by Crippen LogP contribution is -2.07. The SMILES string of the molecule is O=C(O)c1ccc(Br)cc1S(=O)Cc1cc(F)ccc1F. The molecule has 0 bridgehead atoms. The minimum atomic E-state index is -1.81. The number of rotatable bonds is 4. The highest BCUT2D eigenvalue weighted by molar-refractivity contribution is 9.10. The summed E-state index contributed by atoms with van der Waals surface area (Å²) in [4.78, 5) is 11.2. The fourth-order valence-corrected chi connectivity index (χ4v) is 3.56. The van der Waals surface area contributed by atoms with E-state index >= 15 is 0 Å². The molecule has 2 aromatic rings. The second-order valence-electron chi connectivity index (χ2n) is 4.17. The van der Waals surface area contributed by atoms with Crippen LogP contribution < -0.4 is 0 Å². The predicted octanol–water partition coefficient (Wildman–Crippen LogP) is 3.73. The molecule has 0 radical (unpaired) electrons. The van der Waals surface area contributed by atoms with E-state index in [2.05, 4.69) is 15.9 Å². The Balaban J connectivity index is 2.39. The second kappa shape index (κ2) is 6.44. The topological polar surface area (TPSA) is 54.4 Å². The molecule has 110 valence electrons. The van der Waals surface area contributed by atoms with Crippen LogP contribution in [0, 0.1) is 11.6 Å². The Morgan fingerprint density at radius 1 is 1.19 bits per heavy atom. The molecule has 2 aromatic carbocycles. The summed E-state index contributed by atoms with van der Waals surface area (Å²) in [6.07, 6.45) is 0. The Bertz CT molecular complexity index is 734. The van der Waals surface area contributed by atoms with E-state index in [9.17, 15) is 17.8 Å². The molecule has 2 rings (SSSR count). The van der Waals surface area contributed by atoms with Gasteiger partial charge in [-0.3, -0.25) is 4.21 Å². The van der Waals surface area contributed by atoms with Crippen LogP contribution in [0.25, 0.3) is 0 Å². The third-order valence-electron chi connectivity index (χ3n) is 2.71. The van der Waals surface area contributed by atoms with Crippen LogP contribution >= 0.6 is 15.9 Å². The van der Waals surface area contributed by atoms with E-state index in [0.717, 1.165) is 18.2 Å². The molecule has 1 unspecified atom stereocenters. The maximum atomic E-state index is 13.6. The van der Waals surface area contributed by atoms with Gasteiger partial charge in [0.15, 0.2) is 0 Å². The molecule has 0 spiro atoms. The summed E-state index contributed by atoms with van der Waals surface area (Å²) in [5.74, 6) is -2.86. The number of hydrogen-bond donors (Lipinski definition) is 1. The van der Waals surface area contributed by atoms with E-state index in [1.807, 2.05) is 0 Å². The Hall–Kier alpha value is -1.60. The molecule has 3 nitrogen and oxygen atoms in total. The zero-order valence-electron chi connectivity index (χ0n) is 10.5. The highest BCUT2D eigenvalue weighted by Gasteiger charge is 2.17. The van der Waals surface area contributed by atoms with Crippen molar-refractivity contribution in [1.29, 1.82) is 0 Å². The van der Waals surface area contributed by atoms with Gasteiger partial charge in [0, 0.05) is 10.0 Å². The molecule has 0 saturated heterocycles. The molecule has 21 heavy (non-hydrogen) atoms. The molecule has 1 N–H and O–H groups in total. The van der Waals surface area contributed by atoms with Crippen LogP contribution in [0.5, 0.6) is 0 Å². The summed E-state index contributed by atoms with van der Waals surface area (Å²) >= 11 is 3.16. The summed E-state index contributed by atoms with van der Waals surface area (Å²) in [5, 5.41) is 9.09. The summed E-state index contributed by atoms with van der Waals surface area (Å²) < 4.78 is 39.5. The molecule has 1 atom stereocenters. The van der Waals surface area contributed by atoms with Gasteiger partial charge in [-0.05, 0) is 36.4 Å². The van der Waals surface area contributed by atoms with Crippen molar-refractivity contribution in [2.75, 3.05) is 0 Å². The minimum absolute atomic E-state index is 0.0561. The standard InChI is InChI=1S/C14H9BrF2O3S/c15-9-1-3-11(14(18)19)13(6-9)21(20)7-8-5-10(16)2-4-12(8)17/h1-6H,7H2,(H,18,19). The van der Waals surface area contributed by atoms with Crippen molar-refractivity contribution in [2.45, 2.75) is 10.6 Å². The molecule has 0 aliphatic rings. The van der Waals surface area contributed by atoms with Gasteiger partial charge in [-0.2, -0.15) is 0 Å². The van der Waals surface area contributed by atoms with Crippen molar-refractivity contribution < 1.29 is 22.9 Å². The summed E-state index contributed by atoms with van der Waals surface area (Å²) in [6.45, 7) is 0. The van der Waals surface area contributed by atoms with Crippen LogP contribution in [-0.2, 0) is 16.6 Å². The summed E-state index contributed by atoms with van der Waals surface area (Å²) in [5.41, 5.74) is -0.196. The zero-order chi connectivity index (χ0) is 15.6. The van der Waals surface area contributed by atoms with Gasteiger partial charge in [0.1, 0.15) is 11.6 Å². The van der Waals surface area contributed by atoms with E-state index in [4.69, 9.17) is 5.11 Å². The van der Waals surface area contributed by atoms with E-state index < -0.39 is 28.4 Å². The van der Waals surface area contributed by atoms with Crippen LogP contribution in [0.15, 0.2) is 45.8 Å². The first-order valence-corrected chi connectivity index (χ1v) is 7.85. The molecular formula is C14H9BrF2O3S.